The van der Waals surface area contributed by atoms with Gasteiger partial charge in [-0.05, 0) is 81.2 Å². The molecule has 14 nitrogen and oxygen atoms in total. The Bertz CT molecular complexity index is 1980. The highest BCUT2D eigenvalue weighted by atomic mass is 32.2. The van der Waals surface area contributed by atoms with Gasteiger partial charge in [0.05, 0.1) is 44.2 Å². The number of carbonyl (C=O) groups is 2. The number of ether oxygens (including phenoxy) is 3. The van der Waals surface area contributed by atoms with Gasteiger partial charge in [0.1, 0.15) is 16.4 Å². The molecule has 1 atom stereocenters. The highest BCUT2D eigenvalue weighted by Gasteiger charge is 2.59. The quantitative estimate of drug-likeness (QED) is 0.348. The Morgan fingerprint density at radius 3 is 2.31 bits per heavy atom. The van der Waals surface area contributed by atoms with Crippen LogP contribution in [-0.2, 0) is 20.4 Å². The van der Waals surface area contributed by atoms with Gasteiger partial charge in [-0.3, -0.25) is 9.69 Å². The van der Waals surface area contributed by atoms with Gasteiger partial charge in [0.15, 0.2) is 5.54 Å². The van der Waals surface area contributed by atoms with E-state index in [4.69, 9.17) is 14.2 Å². The van der Waals surface area contributed by atoms with Crippen LogP contribution in [0.4, 0.5) is 10.5 Å². The second-order valence-electron chi connectivity index (χ2n) is 13.2. The van der Waals surface area contributed by atoms with Crippen LogP contribution in [0.1, 0.15) is 42.4 Å². The number of hydrogen-bond donors (Lipinski definition) is 1. The van der Waals surface area contributed by atoms with Crippen LogP contribution in [-0.4, -0.2) is 113 Å². The van der Waals surface area contributed by atoms with Crippen molar-refractivity contribution in [3.8, 4) is 23.4 Å². The number of sulfonamides is 1. The zero-order chi connectivity index (χ0) is 35.9. The Kier molecular flexibility index (Phi) is 9.25. The number of hydrogen-bond acceptors (Lipinski definition) is 11. The summed E-state index contributed by atoms with van der Waals surface area (Å²) < 4.78 is 46.1. The third-order valence-corrected chi connectivity index (χ3v) is 12.4. The number of aromatic nitrogens is 1. The molecule has 3 saturated heterocycles. The number of carbonyl (C=O) groups excluding carboxylic acids is 2. The van der Waals surface area contributed by atoms with Crippen molar-refractivity contribution in [1.82, 2.24) is 25.0 Å². The third-order valence-electron chi connectivity index (χ3n) is 10.6. The van der Waals surface area contributed by atoms with Crippen LogP contribution in [0, 0.1) is 11.3 Å². The number of anilines is 1. The summed E-state index contributed by atoms with van der Waals surface area (Å²) in [5.41, 5.74) is -1.81. The lowest BCUT2D eigenvalue weighted by atomic mass is 9.83. The van der Waals surface area contributed by atoms with Crippen LogP contribution in [0.25, 0.3) is 0 Å². The molecule has 0 spiro atoms. The predicted molar refractivity (Wildman–Crippen MR) is 186 cm³/mol. The van der Waals surface area contributed by atoms with Gasteiger partial charge >= 0.3 is 6.03 Å². The molecule has 3 amide bonds. The van der Waals surface area contributed by atoms with Crippen molar-refractivity contribution in [1.29, 1.82) is 5.26 Å². The summed E-state index contributed by atoms with van der Waals surface area (Å²) in [6.07, 6.45) is 6.20. The van der Waals surface area contributed by atoms with E-state index in [0.29, 0.717) is 29.2 Å². The number of piperidine rings is 1. The van der Waals surface area contributed by atoms with Gasteiger partial charge in [-0.1, -0.05) is 0 Å². The standard InChI is InChI=1S/C36H41N7O7S/c1-48-27-9-11-32(31(20-27)49-2)51(46,47)43-30-10-8-24(21-37)19-29(30)36(34(43)44,28-7-6-14-38-33(28)50-3)39-35(45)42-22-26(23-42)41-17-12-25(13-18-41)40-15-4-5-16-40/h6-11,14,19-20,25-26H,4-5,12-13,15-18,22-23H2,1-3H3,(H,39,45). The van der Waals surface area contributed by atoms with Crippen molar-refractivity contribution < 1.29 is 32.2 Å². The average molecular weight is 716 g/mol. The molecular formula is C36H41N7O7S. The molecule has 2 aromatic carbocycles. The number of nitrogens with one attached hydrogen (secondary N) is 1. The highest BCUT2D eigenvalue weighted by molar-refractivity contribution is 7.93. The predicted octanol–water partition coefficient (Wildman–Crippen LogP) is 2.91. The van der Waals surface area contributed by atoms with E-state index in [1.165, 1.54) is 89.9 Å². The smallest absolute Gasteiger partial charge is 0.318 e. The first-order valence-corrected chi connectivity index (χ1v) is 18.5. The van der Waals surface area contributed by atoms with E-state index >= 15 is 4.79 Å². The number of urea groups is 1. The maximum Gasteiger partial charge on any atom is 0.318 e. The fourth-order valence-corrected chi connectivity index (χ4v) is 9.49. The Balaban J connectivity index is 1.24. The molecule has 0 bridgehead atoms. The summed E-state index contributed by atoms with van der Waals surface area (Å²) in [5.74, 6) is -0.689. The SMILES string of the molecule is COc1ccc(S(=O)(=O)N2C(=O)C(NC(=O)N3CC(N4CCC(N5CCCC5)CC4)C3)(c3cccnc3OC)c3cc(C#N)ccc32)c(OC)c1. The number of benzene rings is 2. The van der Waals surface area contributed by atoms with E-state index in [9.17, 15) is 18.5 Å². The van der Waals surface area contributed by atoms with E-state index in [2.05, 4.69) is 26.2 Å². The molecule has 15 heteroatoms. The van der Waals surface area contributed by atoms with Gasteiger partial charge in [0.2, 0.25) is 5.88 Å². The number of likely N-dealkylation sites (tertiary alicyclic amines) is 3. The van der Waals surface area contributed by atoms with E-state index in [0.717, 1.165) is 25.9 Å². The number of nitrogens with zero attached hydrogens (tertiary/aromatic N) is 6. The first-order valence-electron chi connectivity index (χ1n) is 17.1. The molecule has 4 aliphatic rings. The average Bonchev–Trinajstić information content (AvgIpc) is 3.76. The summed E-state index contributed by atoms with van der Waals surface area (Å²) in [4.78, 5) is 40.0. The summed E-state index contributed by atoms with van der Waals surface area (Å²) in [7, 11) is -0.563. The van der Waals surface area contributed by atoms with Gasteiger partial charge in [0, 0.05) is 56.1 Å². The molecule has 4 aliphatic heterocycles. The van der Waals surface area contributed by atoms with E-state index in [1.54, 1.807) is 17.0 Å². The van der Waals surface area contributed by atoms with Crippen LogP contribution in [0.5, 0.6) is 17.4 Å². The number of rotatable bonds is 9. The summed E-state index contributed by atoms with van der Waals surface area (Å²) in [5, 5.41) is 12.8. The molecule has 1 aromatic heterocycles. The lowest BCUT2D eigenvalue weighted by Crippen LogP contribution is -2.67. The lowest BCUT2D eigenvalue weighted by Gasteiger charge is -2.49. The maximum absolute atomic E-state index is 15.1. The largest absolute Gasteiger partial charge is 0.497 e. The van der Waals surface area contributed by atoms with Crippen LogP contribution < -0.4 is 23.8 Å². The number of pyridine rings is 1. The number of methoxy groups -OCH3 is 3. The Labute approximate surface area is 297 Å². The van der Waals surface area contributed by atoms with Crippen molar-refractivity contribution in [2.45, 2.75) is 48.2 Å². The zero-order valence-electron chi connectivity index (χ0n) is 28.9. The monoisotopic (exact) mass is 715 g/mol. The van der Waals surface area contributed by atoms with Crippen molar-refractivity contribution >= 4 is 27.6 Å². The van der Waals surface area contributed by atoms with Gasteiger partial charge in [-0.2, -0.15) is 9.57 Å². The molecule has 51 heavy (non-hydrogen) atoms. The number of nitriles is 1. The van der Waals surface area contributed by atoms with E-state index < -0.39 is 27.5 Å². The van der Waals surface area contributed by atoms with Gasteiger partial charge in [-0.15, -0.1) is 0 Å². The minimum atomic E-state index is -4.68. The molecule has 0 saturated carbocycles. The molecule has 7 rings (SSSR count). The van der Waals surface area contributed by atoms with E-state index in [-0.39, 0.29) is 44.9 Å². The Morgan fingerprint density at radius 1 is 0.922 bits per heavy atom. The molecule has 268 valence electrons. The van der Waals surface area contributed by atoms with Crippen LogP contribution in [0.3, 0.4) is 0 Å². The first kappa shape index (κ1) is 34.5. The van der Waals surface area contributed by atoms with Crippen LogP contribution in [0.2, 0.25) is 0 Å². The molecule has 3 aromatic rings. The molecule has 3 fully saturated rings. The molecule has 1 N–H and O–H groups in total. The fraction of sp³-hybridized carbons (Fsp3) is 0.444. The minimum Gasteiger partial charge on any atom is -0.497 e. The number of fused-ring (bicyclic) bond motifs is 1. The van der Waals surface area contributed by atoms with Crippen molar-refractivity contribution in [3.63, 3.8) is 0 Å². The molecular weight excluding hydrogens is 675 g/mol. The summed E-state index contributed by atoms with van der Waals surface area (Å²) in [6, 6.07) is 13.8. The first-order chi connectivity index (χ1) is 24.7. The zero-order valence-corrected chi connectivity index (χ0v) is 29.7. The van der Waals surface area contributed by atoms with Crippen LogP contribution >= 0.6 is 0 Å². The second kappa shape index (κ2) is 13.7. The van der Waals surface area contributed by atoms with Gasteiger partial charge < -0.3 is 29.3 Å². The van der Waals surface area contributed by atoms with Crippen molar-refractivity contribution in [3.05, 3.63) is 71.4 Å². The molecule has 1 unspecified atom stereocenters. The molecule has 0 radical (unpaired) electrons. The normalized spacial score (nSPS) is 21.6. The molecule has 0 aliphatic carbocycles. The second-order valence-corrected chi connectivity index (χ2v) is 15.0. The Morgan fingerprint density at radius 2 is 1.65 bits per heavy atom. The highest BCUT2D eigenvalue weighted by Crippen LogP contribution is 2.50. The van der Waals surface area contributed by atoms with Gasteiger partial charge in [0.25, 0.3) is 15.9 Å². The lowest BCUT2D eigenvalue weighted by molar-refractivity contribution is -0.121. The minimum absolute atomic E-state index is 0.00287. The van der Waals surface area contributed by atoms with Crippen molar-refractivity contribution in [2.24, 2.45) is 0 Å². The van der Waals surface area contributed by atoms with Crippen molar-refractivity contribution in [2.75, 3.05) is 64.9 Å². The maximum atomic E-state index is 15.1. The topological polar surface area (TPSA) is 158 Å². The summed E-state index contributed by atoms with van der Waals surface area (Å²) >= 11 is 0. The number of amides is 3. The summed E-state index contributed by atoms with van der Waals surface area (Å²) in [6.45, 7) is 5.17. The third kappa shape index (κ3) is 5.81. The Hall–Kier alpha value is -4.91. The fourth-order valence-electron chi connectivity index (χ4n) is 7.89. The van der Waals surface area contributed by atoms with Crippen LogP contribution in [0.15, 0.2) is 59.6 Å². The molecule has 5 heterocycles. The van der Waals surface area contributed by atoms with Gasteiger partial charge in [-0.25, -0.2) is 18.2 Å². The van der Waals surface area contributed by atoms with E-state index in [1.807, 2.05) is 0 Å².